The molecule has 4 heteroatoms. The Morgan fingerprint density at radius 1 is 1.46 bits per heavy atom. The van der Waals surface area contributed by atoms with E-state index in [1.165, 1.54) is 6.92 Å². The minimum atomic E-state index is -0.805. The molecule has 0 bridgehead atoms. The predicted molar refractivity (Wildman–Crippen MR) is 49.2 cm³/mol. The number of rotatable bonds is 4. The summed E-state index contributed by atoms with van der Waals surface area (Å²) in [7, 11) is 0. The minimum Gasteiger partial charge on any atom is -0.444 e. The quantitative estimate of drug-likeness (QED) is 0.724. The van der Waals surface area contributed by atoms with Crippen molar-refractivity contribution in [1.82, 2.24) is 0 Å². The highest BCUT2D eigenvalue weighted by atomic mass is 16.6. The van der Waals surface area contributed by atoms with Crippen LogP contribution in [0.2, 0.25) is 0 Å². The van der Waals surface area contributed by atoms with Gasteiger partial charge in [0.1, 0.15) is 11.4 Å². The normalized spacial score (nSPS) is 13.5. The molecular formula is C9H17NO3. The molecule has 0 unspecified atom stereocenters. The van der Waals surface area contributed by atoms with E-state index in [2.05, 4.69) is 0 Å². The highest BCUT2D eigenvalue weighted by molar-refractivity contribution is 5.78. The topological polar surface area (TPSA) is 69.4 Å². The van der Waals surface area contributed by atoms with Crippen molar-refractivity contribution < 1.29 is 14.3 Å². The zero-order valence-corrected chi connectivity index (χ0v) is 8.59. The fraction of sp³-hybridized carbons (Fsp3) is 0.778. The molecule has 0 fully saturated rings. The fourth-order valence-electron chi connectivity index (χ4n) is 1.20. The van der Waals surface area contributed by atoms with E-state index >= 15 is 0 Å². The summed E-state index contributed by atoms with van der Waals surface area (Å²) >= 11 is 0. The van der Waals surface area contributed by atoms with Gasteiger partial charge >= 0.3 is 6.09 Å². The van der Waals surface area contributed by atoms with E-state index in [0.29, 0.717) is 6.42 Å². The van der Waals surface area contributed by atoms with Crippen molar-refractivity contribution >= 4 is 11.9 Å². The molecule has 1 atom stereocenters. The molecule has 4 nitrogen and oxygen atoms in total. The third kappa shape index (κ3) is 5.22. The highest BCUT2D eigenvalue weighted by Gasteiger charge is 2.26. The number of ether oxygens (including phenoxy) is 1. The SMILES string of the molecule is CC(=O)[C@H](C)CC(C)(C)OC(N)=O. The Kier molecular flexibility index (Phi) is 3.91. The summed E-state index contributed by atoms with van der Waals surface area (Å²) in [5, 5.41) is 0. The summed E-state index contributed by atoms with van der Waals surface area (Å²) in [6.45, 7) is 6.79. The number of amides is 1. The van der Waals surface area contributed by atoms with Crippen molar-refractivity contribution in [2.75, 3.05) is 0 Å². The molecule has 0 heterocycles. The molecule has 2 N–H and O–H groups in total. The van der Waals surface area contributed by atoms with Crippen LogP contribution in [0.15, 0.2) is 0 Å². The largest absolute Gasteiger partial charge is 0.444 e. The van der Waals surface area contributed by atoms with Crippen molar-refractivity contribution in [2.45, 2.75) is 39.7 Å². The van der Waals surface area contributed by atoms with Gasteiger partial charge in [-0.1, -0.05) is 6.92 Å². The molecule has 13 heavy (non-hydrogen) atoms. The van der Waals surface area contributed by atoms with Crippen molar-refractivity contribution in [1.29, 1.82) is 0 Å². The molecule has 0 saturated heterocycles. The number of Topliss-reactive ketones (excluding diaryl/α,β-unsaturated/α-hetero) is 1. The number of ketones is 1. The van der Waals surface area contributed by atoms with Crippen molar-refractivity contribution in [3.05, 3.63) is 0 Å². The summed E-state index contributed by atoms with van der Waals surface area (Å²) < 4.78 is 4.85. The lowest BCUT2D eigenvalue weighted by atomic mass is 9.92. The molecule has 0 spiro atoms. The molecule has 0 radical (unpaired) electrons. The van der Waals surface area contributed by atoms with Crippen molar-refractivity contribution in [3.63, 3.8) is 0 Å². The van der Waals surface area contributed by atoms with E-state index in [4.69, 9.17) is 10.5 Å². The van der Waals surface area contributed by atoms with Crippen LogP contribution in [0.3, 0.4) is 0 Å². The van der Waals surface area contributed by atoms with Gasteiger partial charge in [0.25, 0.3) is 0 Å². The van der Waals surface area contributed by atoms with Crippen LogP contribution in [-0.4, -0.2) is 17.5 Å². The second kappa shape index (κ2) is 4.25. The second-order valence-corrected chi connectivity index (χ2v) is 3.90. The molecule has 0 aliphatic carbocycles. The standard InChI is InChI=1S/C9H17NO3/c1-6(7(2)11)5-9(3,4)13-8(10)12/h6H,5H2,1-4H3,(H2,10,12)/t6-/m1/s1. The third-order valence-corrected chi connectivity index (χ3v) is 1.87. The Bertz CT molecular complexity index is 211. The third-order valence-electron chi connectivity index (χ3n) is 1.87. The summed E-state index contributed by atoms with van der Waals surface area (Å²) in [4.78, 5) is 21.4. The van der Waals surface area contributed by atoms with Gasteiger partial charge in [0, 0.05) is 5.92 Å². The zero-order valence-electron chi connectivity index (χ0n) is 8.59. The Labute approximate surface area is 78.4 Å². The first-order valence-corrected chi connectivity index (χ1v) is 4.23. The van der Waals surface area contributed by atoms with Gasteiger partial charge in [-0.15, -0.1) is 0 Å². The summed E-state index contributed by atoms with van der Waals surface area (Å²) in [6.07, 6.45) is -0.314. The molecule has 0 aliphatic rings. The fourth-order valence-corrected chi connectivity index (χ4v) is 1.20. The first-order valence-electron chi connectivity index (χ1n) is 4.23. The first kappa shape index (κ1) is 11.9. The Hall–Kier alpha value is -1.06. The molecular weight excluding hydrogens is 170 g/mol. The maximum absolute atomic E-state index is 10.9. The Morgan fingerprint density at radius 3 is 2.23 bits per heavy atom. The van der Waals surface area contributed by atoms with Crippen LogP contribution >= 0.6 is 0 Å². The summed E-state index contributed by atoms with van der Waals surface area (Å²) in [5.41, 5.74) is 4.21. The molecule has 0 aromatic carbocycles. The molecule has 0 aromatic rings. The second-order valence-electron chi connectivity index (χ2n) is 3.90. The lowest BCUT2D eigenvalue weighted by Gasteiger charge is -2.26. The Balaban J connectivity index is 4.16. The monoisotopic (exact) mass is 187 g/mol. The van der Waals surface area contributed by atoms with Gasteiger partial charge in [0.2, 0.25) is 0 Å². The smallest absolute Gasteiger partial charge is 0.405 e. The molecule has 1 amide bonds. The van der Waals surface area contributed by atoms with Crippen molar-refractivity contribution in [2.24, 2.45) is 11.7 Å². The van der Waals surface area contributed by atoms with Gasteiger partial charge < -0.3 is 10.5 Å². The van der Waals surface area contributed by atoms with E-state index in [9.17, 15) is 9.59 Å². The van der Waals surface area contributed by atoms with E-state index < -0.39 is 11.7 Å². The first-order chi connectivity index (χ1) is 5.74. The van der Waals surface area contributed by atoms with Gasteiger partial charge in [-0.3, -0.25) is 4.79 Å². The van der Waals surface area contributed by atoms with E-state index in [-0.39, 0.29) is 11.7 Å². The lowest BCUT2D eigenvalue weighted by molar-refractivity contribution is -0.122. The van der Waals surface area contributed by atoms with Gasteiger partial charge in [-0.25, -0.2) is 4.79 Å². The van der Waals surface area contributed by atoms with Crippen LogP contribution < -0.4 is 5.73 Å². The Morgan fingerprint density at radius 2 is 1.92 bits per heavy atom. The van der Waals surface area contributed by atoms with E-state index in [0.717, 1.165) is 0 Å². The van der Waals surface area contributed by atoms with Crippen LogP contribution in [0.5, 0.6) is 0 Å². The predicted octanol–water partition coefficient (Wildman–Crippen LogP) is 1.48. The van der Waals surface area contributed by atoms with Crippen molar-refractivity contribution in [3.8, 4) is 0 Å². The van der Waals surface area contributed by atoms with Crippen LogP contribution in [0.4, 0.5) is 4.79 Å². The van der Waals surface area contributed by atoms with Crippen LogP contribution in [-0.2, 0) is 9.53 Å². The summed E-state index contributed by atoms with van der Waals surface area (Å²) in [5.74, 6) is -0.0319. The minimum absolute atomic E-state index is 0.0844. The molecule has 0 aromatic heterocycles. The molecule has 0 aliphatic heterocycles. The van der Waals surface area contributed by atoms with Gasteiger partial charge in [-0.2, -0.15) is 0 Å². The maximum atomic E-state index is 10.9. The zero-order chi connectivity index (χ0) is 10.6. The number of hydrogen-bond acceptors (Lipinski definition) is 3. The average molecular weight is 187 g/mol. The average Bonchev–Trinajstić information content (AvgIpc) is 1.81. The van der Waals surface area contributed by atoms with Gasteiger partial charge in [0.05, 0.1) is 0 Å². The lowest BCUT2D eigenvalue weighted by Crippen LogP contribution is -2.34. The number of carbonyl (C=O) groups is 2. The van der Waals surface area contributed by atoms with Gasteiger partial charge in [-0.05, 0) is 27.2 Å². The summed E-state index contributed by atoms with van der Waals surface area (Å²) in [6, 6.07) is 0. The maximum Gasteiger partial charge on any atom is 0.405 e. The number of nitrogens with two attached hydrogens (primary N) is 1. The van der Waals surface area contributed by atoms with Crippen LogP contribution in [0.25, 0.3) is 0 Å². The van der Waals surface area contributed by atoms with E-state index in [1.54, 1.807) is 20.8 Å². The highest BCUT2D eigenvalue weighted by Crippen LogP contribution is 2.20. The van der Waals surface area contributed by atoms with E-state index in [1.807, 2.05) is 0 Å². The molecule has 0 rings (SSSR count). The number of carbonyl (C=O) groups excluding carboxylic acids is 2. The molecule has 0 saturated carbocycles. The number of primary amides is 1. The van der Waals surface area contributed by atoms with Crippen LogP contribution in [0.1, 0.15) is 34.1 Å². The van der Waals surface area contributed by atoms with Gasteiger partial charge in [0.15, 0.2) is 0 Å². The molecule has 76 valence electrons. The number of hydrogen-bond donors (Lipinski definition) is 1. The van der Waals surface area contributed by atoms with Crippen LogP contribution in [0, 0.1) is 5.92 Å².